The van der Waals surface area contributed by atoms with Gasteiger partial charge in [-0.1, -0.05) is 23.7 Å². The van der Waals surface area contributed by atoms with Crippen molar-refractivity contribution in [2.75, 3.05) is 39.8 Å². The zero-order valence-electron chi connectivity index (χ0n) is 13.0. The van der Waals surface area contributed by atoms with Gasteiger partial charge in [0.1, 0.15) is 0 Å². The molecule has 1 unspecified atom stereocenters. The Bertz CT molecular complexity index is 469. The van der Waals surface area contributed by atoms with E-state index in [1.807, 2.05) is 29.2 Å². The van der Waals surface area contributed by atoms with Crippen LogP contribution in [-0.4, -0.2) is 61.6 Å². The zero-order chi connectivity index (χ0) is 15.9. The van der Waals surface area contributed by atoms with Crippen molar-refractivity contribution in [3.8, 4) is 0 Å². The first kappa shape index (κ1) is 17.2. The standard InChI is InChI=1S/C16H24ClN3O2/c1-22-15(11-18)10-16(21)20-8-6-19(7-9-20)12-13-2-4-14(17)5-3-13/h2-5,15H,6-12,18H2,1H3. The minimum absolute atomic E-state index is 0.128. The number of carbonyl (C=O) groups excluding carboxylic acids is 1. The van der Waals surface area contributed by atoms with Crippen molar-refractivity contribution in [3.63, 3.8) is 0 Å². The summed E-state index contributed by atoms with van der Waals surface area (Å²) in [5, 5.41) is 0.756. The molecule has 0 aromatic heterocycles. The van der Waals surface area contributed by atoms with E-state index in [4.69, 9.17) is 22.1 Å². The largest absolute Gasteiger partial charge is 0.380 e. The van der Waals surface area contributed by atoms with Crippen LogP contribution in [0.5, 0.6) is 0 Å². The number of piperazine rings is 1. The Morgan fingerprint density at radius 3 is 2.45 bits per heavy atom. The Hall–Kier alpha value is -1.14. The van der Waals surface area contributed by atoms with Gasteiger partial charge in [-0.25, -0.2) is 0 Å². The predicted octanol–water partition coefficient (Wildman–Crippen LogP) is 1.35. The molecule has 1 aliphatic heterocycles. The van der Waals surface area contributed by atoms with Crippen LogP contribution >= 0.6 is 11.6 Å². The Morgan fingerprint density at radius 1 is 1.27 bits per heavy atom. The first-order valence-electron chi connectivity index (χ1n) is 7.60. The molecule has 1 amide bonds. The number of halogens is 1. The summed E-state index contributed by atoms with van der Waals surface area (Å²) >= 11 is 5.90. The minimum Gasteiger partial charge on any atom is -0.380 e. The first-order valence-corrected chi connectivity index (χ1v) is 7.97. The van der Waals surface area contributed by atoms with Gasteiger partial charge in [-0.15, -0.1) is 0 Å². The van der Waals surface area contributed by atoms with Crippen LogP contribution in [0.15, 0.2) is 24.3 Å². The number of carbonyl (C=O) groups is 1. The highest BCUT2D eigenvalue weighted by Crippen LogP contribution is 2.13. The lowest BCUT2D eigenvalue weighted by Crippen LogP contribution is -2.49. The van der Waals surface area contributed by atoms with Crippen LogP contribution in [0.1, 0.15) is 12.0 Å². The molecule has 6 heteroatoms. The number of ether oxygens (including phenoxy) is 1. The molecule has 2 N–H and O–H groups in total. The van der Waals surface area contributed by atoms with Crippen LogP contribution in [0.2, 0.25) is 5.02 Å². The number of benzene rings is 1. The molecule has 0 bridgehead atoms. The summed E-state index contributed by atoms with van der Waals surface area (Å²) in [6.07, 6.45) is 0.184. The lowest BCUT2D eigenvalue weighted by Gasteiger charge is -2.35. The lowest BCUT2D eigenvalue weighted by molar-refractivity contribution is -0.135. The van der Waals surface area contributed by atoms with Crippen molar-refractivity contribution in [2.24, 2.45) is 5.73 Å². The summed E-state index contributed by atoms with van der Waals surface area (Å²) in [5.41, 5.74) is 6.81. The normalized spacial score (nSPS) is 17.5. The second kappa shape index (κ2) is 8.48. The first-order chi connectivity index (χ1) is 10.6. The number of nitrogens with zero attached hydrogens (tertiary/aromatic N) is 2. The van der Waals surface area contributed by atoms with Gasteiger partial charge in [-0.05, 0) is 17.7 Å². The third-order valence-electron chi connectivity index (χ3n) is 4.04. The second-order valence-corrected chi connectivity index (χ2v) is 6.02. The quantitative estimate of drug-likeness (QED) is 0.857. The summed E-state index contributed by atoms with van der Waals surface area (Å²) < 4.78 is 5.18. The average molecular weight is 326 g/mol. The third-order valence-corrected chi connectivity index (χ3v) is 4.29. The molecule has 1 saturated heterocycles. The fourth-order valence-corrected chi connectivity index (χ4v) is 2.72. The van der Waals surface area contributed by atoms with Gasteiger partial charge in [0.25, 0.3) is 0 Å². The van der Waals surface area contributed by atoms with E-state index in [2.05, 4.69) is 4.90 Å². The second-order valence-electron chi connectivity index (χ2n) is 5.58. The van der Waals surface area contributed by atoms with Gasteiger partial charge in [0.15, 0.2) is 0 Å². The van der Waals surface area contributed by atoms with E-state index in [-0.39, 0.29) is 12.0 Å². The monoisotopic (exact) mass is 325 g/mol. The molecule has 1 aromatic rings. The van der Waals surface area contributed by atoms with Gasteiger partial charge in [0, 0.05) is 51.4 Å². The molecule has 1 heterocycles. The van der Waals surface area contributed by atoms with Crippen molar-refractivity contribution >= 4 is 17.5 Å². The van der Waals surface area contributed by atoms with Crippen LogP contribution in [-0.2, 0) is 16.1 Å². The molecule has 1 atom stereocenters. The molecule has 2 rings (SSSR count). The SMILES string of the molecule is COC(CN)CC(=O)N1CCN(Cc2ccc(Cl)cc2)CC1. The van der Waals surface area contributed by atoms with Gasteiger partial charge < -0.3 is 15.4 Å². The third kappa shape index (κ3) is 4.95. The molecular weight excluding hydrogens is 302 g/mol. The number of amides is 1. The fraction of sp³-hybridized carbons (Fsp3) is 0.562. The number of hydrogen-bond acceptors (Lipinski definition) is 4. The summed E-state index contributed by atoms with van der Waals surface area (Å²) in [7, 11) is 1.59. The number of hydrogen-bond donors (Lipinski definition) is 1. The van der Waals surface area contributed by atoms with E-state index in [0.717, 1.165) is 37.7 Å². The highest BCUT2D eigenvalue weighted by Gasteiger charge is 2.23. The number of rotatable bonds is 6. The van der Waals surface area contributed by atoms with Gasteiger partial charge >= 0.3 is 0 Å². The van der Waals surface area contributed by atoms with E-state index < -0.39 is 0 Å². The van der Waals surface area contributed by atoms with E-state index in [0.29, 0.717) is 13.0 Å². The smallest absolute Gasteiger partial charge is 0.225 e. The maximum atomic E-state index is 12.2. The maximum absolute atomic E-state index is 12.2. The Labute approximate surface area is 137 Å². The van der Waals surface area contributed by atoms with E-state index >= 15 is 0 Å². The Balaban J connectivity index is 1.77. The van der Waals surface area contributed by atoms with Gasteiger partial charge in [-0.2, -0.15) is 0 Å². The molecule has 0 saturated carbocycles. The van der Waals surface area contributed by atoms with Crippen LogP contribution in [0.4, 0.5) is 0 Å². The maximum Gasteiger partial charge on any atom is 0.225 e. The average Bonchev–Trinajstić information content (AvgIpc) is 2.55. The number of methoxy groups -OCH3 is 1. The van der Waals surface area contributed by atoms with Crippen molar-refractivity contribution in [2.45, 2.75) is 19.1 Å². The van der Waals surface area contributed by atoms with Gasteiger partial charge in [-0.3, -0.25) is 9.69 Å². The fourth-order valence-electron chi connectivity index (χ4n) is 2.59. The molecule has 0 aliphatic carbocycles. The highest BCUT2D eigenvalue weighted by atomic mass is 35.5. The van der Waals surface area contributed by atoms with E-state index in [9.17, 15) is 4.79 Å². The zero-order valence-corrected chi connectivity index (χ0v) is 13.8. The molecule has 0 spiro atoms. The molecule has 22 heavy (non-hydrogen) atoms. The molecule has 0 radical (unpaired) electrons. The van der Waals surface area contributed by atoms with Gasteiger partial charge in [0.2, 0.25) is 5.91 Å². The van der Waals surface area contributed by atoms with E-state index in [1.54, 1.807) is 7.11 Å². The van der Waals surface area contributed by atoms with Crippen LogP contribution < -0.4 is 5.73 Å². The molecular formula is C16H24ClN3O2. The molecule has 5 nitrogen and oxygen atoms in total. The highest BCUT2D eigenvalue weighted by molar-refractivity contribution is 6.30. The minimum atomic E-state index is -0.181. The Kier molecular flexibility index (Phi) is 6.64. The summed E-state index contributed by atoms with van der Waals surface area (Å²) in [5.74, 6) is 0.128. The van der Waals surface area contributed by atoms with Crippen molar-refractivity contribution < 1.29 is 9.53 Å². The predicted molar refractivity (Wildman–Crippen MR) is 87.8 cm³/mol. The molecule has 1 aliphatic rings. The van der Waals surface area contributed by atoms with Crippen molar-refractivity contribution in [1.82, 2.24) is 9.80 Å². The van der Waals surface area contributed by atoms with Gasteiger partial charge in [0.05, 0.1) is 12.5 Å². The van der Waals surface area contributed by atoms with Crippen molar-refractivity contribution in [3.05, 3.63) is 34.9 Å². The number of nitrogens with two attached hydrogens (primary N) is 1. The molecule has 1 fully saturated rings. The molecule has 122 valence electrons. The van der Waals surface area contributed by atoms with E-state index in [1.165, 1.54) is 5.56 Å². The summed E-state index contributed by atoms with van der Waals surface area (Å²) in [4.78, 5) is 16.4. The molecule has 1 aromatic carbocycles. The van der Waals surface area contributed by atoms with Crippen LogP contribution in [0, 0.1) is 0 Å². The topological polar surface area (TPSA) is 58.8 Å². The Morgan fingerprint density at radius 2 is 1.91 bits per heavy atom. The van der Waals surface area contributed by atoms with Crippen molar-refractivity contribution in [1.29, 1.82) is 0 Å². The van der Waals surface area contributed by atoms with Crippen LogP contribution in [0.3, 0.4) is 0 Å². The van der Waals surface area contributed by atoms with Crippen LogP contribution in [0.25, 0.3) is 0 Å². The lowest BCUT2D eigenvalue weighted by atomic mass is 10.2. The summed E-state index contributed by atoms with van der Waals surface area (Å²) in [6.45, 7) is 4.55. The summed E-state index contributed by atoms with van der Waals surface area (Å²) in [6, 6.07) is 7.91.